The molecule has 0 spiro atoms. The van der Waals surface area contributed by atoms with Crippen LogP contribution in [-0.2, 0) is 13.6 Å². The third-order valence-corrected chi connectivity index (χ3v) is 3.83. The molecule has 1 unspecified atom stereocenters. The van der Waals surface area contributed by atoms with Crippen LogP contribution < -0.4 is 0 Å². The molecule has 3 rings (SSSR count). The molecular formula is C14H20N4O. The smallest absolute Gasteiger partial charge is 0.154 e. The van der Waals surface area contributed by atoms with Crippen LogP contribution in [0.25, 0.3) is 0 Å². The summed E-state index contributed by atoms with van der Waals surface area (Å²) < 4.78 is 7.32. The Kier molecular flexibility index (Phi) is 3.14. The van der Waals surface area contributed by atoms with E-state index in [1.165, 1.54) is 12.0 Å². The molecule has 19 heavy (non-hydrogen) atoms. The van der Waals surface area contributed by atoms with Gasteiger partial charge in [0.2, 0.25) is 0 Å². The van der Waals surface area contributed by atoms with E-state index in [4.69, 9.17) is 4.52 Å². The quantitative estimate of drug-likeness (QED) is 0.850. The fraction of sp³-hybridized carbons (Fsp3) is 0.571. The minimum absolute atomic E-state index is 0.362. The molecule has 3 heterocycles. The number of aryl methyl sites for hydroxylation is 3. The number of nitrogens with zero attached hydrogens (tertiary/aromatic N) is 4. The Hall–Kier alpha value is -1.62. The van der Waals surface area contributed by atoms with E-state index in [1.54, 1.807) is 0 Å². The third-order valence-electron chi connectivity index (χ3n) is 3.83. The van der Waals surface area contributed by atoms with Gasteiger partial charge in [-0.15, -0.1) is 0 Å². The zero-order valence-corrected chi connectivity index (χ0v) is 11.8. The highest BCUT2D eigenvalue weighted by Crippen LogP contribution is 2.33. The first-order valence-corrected chi connectivity index (χ1v) is 6.80. The fourth-order valence-electron chi connectivity index (χ4n) is 2.90. The van der Waals surface area contributed by atoms with E-state index in [2.05, 4.69) is 34.3 Å². The average Bonchev–Trinajstić information content (AvgIpc) is 3.02. The summed E-state index contributed by atoms with van der Waals surface area (Å²) in [6.45, 7) is 6.08. The van der Waals surface area contributed by atoms with Gasteiger partial charge in [0.15, 0.2) is 5.76 Å². The maximum atomic E-state index is 5.44. The van der Waals surface area contributed by atoms with Crippen LogP contribution in [0.3, 0.4) is 0 Å². The van der Waals surface area contributed by atoms with Crippen molar-refractivity contribution >= 4 is 0 Å². The molecule has 1 aliphatic rings. The van der Waals surface area contributed by atoms with E-state index in [-0.39, 0.29) is 0 Å². The number of likely N-dealkylation sites (tertiary alicyclic amines) is 1. The molecule has 1 aliphatic heterocycles. The van der Waals surface area contributed by atoms with Crippen molar-refractivity contribution in [3.63, 3.8) is 0 Å². The Labute approximate surface area is 113 Å². The van der Waals surface area contributed by atoms with Crippen LogP contribution >= 0.6 is 0 Å². The van der Waals surface area contributed by atoms with Crippen molar-refractivity contribution in [3.8, 4) is 0 Å². The monoisotopic (exact) mass is 260 g/mol. The van der Waals surface area contributed by atoms with Gasteiger partial charge in [0, 0.05) is 31.4 Å². The van der Waals surface area contributed by atoms with Gasteiger partial charge in [-0.3, -0.25) is 9.58 Å². The molecule has 0 N–H and O–H groups in total. The molecule has 102 valence electrons. The molecule has 1 atom stereocenters. The second-order valence-corrected chi connectivity index (χ2v) is 5.41. The topological polar surface area (TPSA) is 47.1 Å². The van der Waals surface area contributed by atoms with E-state index in [0.29, 0.717) is 6.04 Å². The second-order valence-electron chi connectivity index (χ2n) is 5.41. The minimum atomic E-state index is 0.362. The third kappa shape index (κ3) is 2.42. The predicted octanol–water partition coefficient (Wildman–Crippen LogP) is 2.36. The van der Waals surface area contributed by atoms with Gasteiger partial charge in [0.1, 0.15) is 0 Å². The molecule has 1 saturated heterocycles. The molecule has 0 saturated carbocycles. The van der Waals surface area contributed by atoms with Crippen LogP contribution in [0.5, 0.6) is 0 Å². The fourth-order valence-corrected chi connectivity index (χ4v) is 2.90. The van der Waals surface area contributed by atoms with Gasteiger partial charge in [0.25, 0.3) is 0 Å². The molecule has 0 bridgehead atoms. The van der Waals surface area contributed by atoms with Gasteiger partial charge in [-0.2, -0.15) is 5.10 Å². The molecule has 2 aromatic heterocycles. The molecule has 5 heteroatoms. The minimum Gasteiger partial charge on any atom is -0.359 e. The lowest BCUT2D eigenvalue weighted by Gasteiger charge is -2.21. The number of hydrogen-bond donors (Lipinski definition) is 0. The van der Waals surface area contributed by atoms with Gasteiger partial charge in [-0.25, -0.2) is 0 Å². The molecule has 0 aromatic carbocycles. The average molecular weight is 260 g/mol. The lowest BCUT2D eigenvalue weighted by atomic mass is 10.1. The molecule has 1 fully saturated rings. The Balaban J connectivity index is 1.78. The maximum Gasteiger partial charge on any atom is 0.154 e. The predicted molar refractivity (Wildman–Crippen MR) is 71.6 cm³/mol. The zero-order valence-electron chi connectivity index (χ0n) is 11.8. The SMILES string of the molecule is Cc1cc(C2CCCN2Cc2cn(C)nc2C)on1. The van der Waals surface area contributed by atoms with Gasteiger partial charge in [-0.05, 0) is 33.2 Å². The van der Waals surface area contributed by atoms with Crippen LogP contribution in [0.4, 0.5) is 0 Å². The second kappa shape index (κ2) is 4.81. The highest BCUT2D eigenvalue weighted by Gasteiger charge is 2.29. The van der Waals surface area contributed by atoms with Crippen LogP contribution in [0.2, 0.25) is 0 Å². The van der Waals surface area contributed by atoms with E-state index >= 15 is 0 Å². The molecule has 0 aliphatic carbocycles. The van der Waals surface area contributed by atoms with Gasteiger partial charge >= 0.3 is 0 Å². The van der Waals surface area contributed by atoms with Crippen LogP contribution in [-0.4, -0.2) is 26.4 Å². The highest BCUT2D eigenvalue weighted by atomic mass is 16.5. The summed E-state index contributed by atoms with van der Waals surface area (Å²) in [6.07, 6.45) is 4.47. The molecule has 5 nitrogen and oxygen atoms in total. The van der Waals surface area contributed by atoms with Crippen molar-refractivity contribution in [2.45, 2.75) is 39.3 Å². The molecular weight excluding hydrogens is 240 g/mol. The first-order chi connectivity index (χ1) is 9.13. The summed E-state index contributed by atoms with van der Waals surface area (Å²) in [5, 5.41) is 8.42. The lowest BCUT2D eigenvalue weighted by Crippen LogP contribution is -2.22. The number of rotatable bonds is 3. The van der Waals surface area contributed by atoms with Crippen molar-refractivity contribution < 1.29 is 4.52 Å². The summed E-state index contributed by atoms with van der Waals surface area (Å²) in [7, 11) is 1.97. The van der Waals surface area contributed by atoms with E-state index in [9.17, 15) is 0 Å². The molecule has 0 amide bonds. The van der Waals surface area contributed by atoms with Gasteiger partial charge < -0.3 is 4.52 Å². The summed E-state index contributed by atoms with van der Waals surface area (Å²) in [4.78, 5) is 2.46. The van der Waals surface area contributed by atoms with Crippen molar-refractivity contribution in [3.05, 3.63) is 35.0 Å². The summed E-state index contributed by atoms with van der Waals surface area (Å²) in [5.74, 6) is 0.997. The van der Waals surface area contributed by atoms with Crippen LogP contribution in [0.15, 0.2) is 16.8 Å². The van der Waals surface area contributed by atoms with Crippen molar-refractivity contribution in [1.82, 2.24) is 19.8 Å². The van der Waals surface area contributed by atoms with Crippen LogP contribution in [0.1, 0.15) is 41.6 Å². The van der Waals surface area contributed by atoms with E-state index in [0.717, 1.165) is 36.7 Å². The van der Waals surface area contributed by atoms with Crippen LogP contribution in [0, 0.1) is 13.8 Å². The van der Waals surface area contributed by atoms with Crippen molar-refractivity contribution in [2.24, 2.45) is 7.05 Å². The number of aromatic nitrogens is 3. The normalized spacial score (nSPS) is 20.3. The summed E-state index contributed by atoms with van der Waals surface area (Å²) >= 11 is 0. The highest BCUT2D eigenvalue weighted by molar-refractivity contribution is 5.17. The van der Waals surface area contributed by atoms with Gasteiger partial charge in [0.05, 0.1) is 17.4 Å². The van der Waals surface area contributed by atoms with E-state index < -0.39 is 0 Å². The first kappa shape index (κ1) is 12.4. The van der Waals surface area contributed by atoms with Crippen molar-refractivity contribution in [1.29, 1.82) is 0 Å². The Bertz CT molecular complexity index is 572. The standard InChI is InChI=1S/C14H20N4O/c1-10-7-14(19-16-10)13-5-4-6-18(13)9-12-8-17(3)15-11(12)2/h7-8,13H,4-6,9H2,1-3H3. The Morgan fingerprint density at radius 1 is 1.42 bits per heavy atom. The van der Waals surface area contributed by atoms with E-state index in [1.807, 2.05) is 18.7 Å². The Morgan fingerprint density at radius 2 is 2.26 bits per heavy atom. The molecule has 2 aromatic rings. The zero-order chi connectivity index (χ0) is 13.4. The molecule has 0 radical (unpaired) electrons. The maximum absolute atomic E-state index is 5.44. The lowest BCUT2D eigenvalue weighted by molar-refractivity contribution is 0.206. The summed E-state index contributed by atoms with van der Waals surface area (Å²) in [6, 6.07) is 2.42. The number of hydrogen-bond acceptors (Lipinski definition) is 4. The Morgan fingerprint density at radius 3 is 2.89 bits per heavy atom. The first-order valence-electron chi connectivity index (χ1n) is 6.80. The van der Waals surface area contributed by atoms with Gasteiger partial charge in [-0.1, -0.05) is 5.16 Å². The largest absolute Gasteiger partial charge is 0.359 e. The summed E-state index contributed by atoms with van der Waals surface area (Å²) in [5.41, 5.74) is 3.37. The van der Waals surface area contributed by atoms with Crippen molar-refractivity contribution in [2.75, 3.05) is 6.54 Å².